The molecule has 35 heavy (non-hydrogen) atoms. The lowest BCUT2D eigenvalue weighted by molar-refractivity contribution is -0.384. The Hall–Kier alpha value is -3.58. The predicted molar refractivity (Wildman–Crippen MR) is 137 cm³/mol. The highest BCUT2D eigenvalue weighted by Crippen LogP contribution is 2.38. The van der Waals surface area contributed by atoms with Crippen molar-refractivity contribution in [2.75, 3.05) is 12.4 Å². The van der Waals surface area contributed by atoms with E-state index in [4.69, 9.17) is 32.7 Å². The highest BCUT2D eigenvalue weighted by Gasteiger charge is 2.17. The first-order valence-electron chi connectivity index (χ1n) is 9.83. The average Bonchev–Trinajstić information content (AvgIpc) is 2.83. The maximum atomic E-state index is 12.6. The van der Waals surface area contributed by atoms with Crippen LogP contribution in [0.2, 0.25) is 10.0 Å². The van der Waals surface area contributed by atoms with Gasteiger partial charge in [0.1, 0.15) is 23.3 Å². The van der Waals surface area contributed by atoms with Crippen molar-refractivity contribution in [1.82, 2.24) is 0 Å². The number of amides is 1. The number of halogens is 3. The van der Waals surface area contributed by atoms with Gasteiger partial charge in [0, 0.05) is 16.8 Å². The number of carbonyl (C=O) groups excluding carboxylic acids is 1. The fraction of sp³-hybridized carbons (Fsp3) is 0.0833. The molecule has 3 rings (SSSR count). The minimum absolute atomic E-state index is 0.0700. The third-order valence-corrected chi connectivity index (χ3v) is 5.79. The Bertz CT molecular complexity index is 1350. The maximum Gasteiger partial charge on any atom is 0.289 e. The van der Waals surface area contributed by atoms with Gasteiger partial charge in [-0.3, -0.25) is 14.9 Å². The van der Waals surface area contributed by atoms with Crippen LogP contribution >= 0.6 is 39.1 Å². The molecule has 3 aromatic carbocycles. The van der Waals surface area contributed by atoms with Gasteiger partial charge in [-0.1, -0.05) is 35.3 Å². The minimum atomic E-state index is -0.748. The molecule has 0 fully saturated rings. The smallest absolute Gasteiger partial charge is 0.289 e. The van der Waals surface area contributed by atoms with Crippen molar-refractivity contribution in [3.63, 3.8) is 0 Å². The molecule has 0 aromatic heterocycles. The van der Waals surface area contributed by atoms with E-state index >= 15 is 0 Å². The molecule has 3 aromatic rings. The molecular formula is C24H16BrCl2N3O5. The summed E-state index contributed by atoms with van der Waals surface area (Å²) in [6.45, 7) is 0.264. The second kappa shape index (κ2) is 11.7. The van der Waals surface area contributed by atoms with Gasteiger partial charge in [-0.05, 0) is 69.5 Å². The van der Waals surface area contributed by atoms with E-state index in [1.54, 1.807) is 24.3 Å². The topological polar surface area (TPSA) is 114 Å². The Kier molecular flexibility index (Phi) is 8.71. The van der Waals surface area contributed by atoms with Gasteiger partial charge >= 0.3 is 0 Å². The lowest BCUT2D eigenvalue weighted by Crippen LogP contribution is -2.13. The van der Waals surface area contributed by atoms with E-state index < -0.39 is 10.8 Å². The van der Waals surface area contributed by atoms with Gasteiger partial charge in [0.15, 0.2) is 11.5 Å². The van der Waals surface area contributed by atoms with E-state index in [0.29, 0.717) is 26.6 Å². The molecule has 0 aliphatic carbocycles. The van der Waals surface area contributed by atoms with Crippen molar-refractivity contribution in [3.05, 3.63) is 95.9 Å². The molecule has 1 amide bonds. The van der Waals surface area contributed by atoms with Crippen LogP contribution < -0.4 is 14.8 Å². The summed E-state index contributed by atoms with van der Waals surface area (Å²) >= 11 is 15.1. The van der Waals surface area contributed by atoms with Crippen molar-refractivity contribution in [1.29, 1.82) is 5.26 Å². The first-order chi connectivity index (χ1) is 16.7. The van der Waals surface area contributed by atoms with Crippen LogP contribution in [-0.2, 0) is 11.4 Å². The number of methoxy groups -OCH3 is 1. The largest absolute Gasteiger partial charge is 0.493 e. The number of hydrogen-bond donors (Lipinski definition) is 1. The molecule has 0 aliphatic heterocycles. The summed E-state index contributed by atoms with van der Waals surface area (Å²) in [5.74, 6) is 0.0731. The standard InChI is InChI=1S/C24H16BrCl2N3O5/c1-34-22-10-15(9-19(25)23(22)35-13-14-2-4-17(26)5-3-14)8-16(12-28)24(31)29-18-6-7-20(27)21(11-18)30(32)33/h2-11H,13H2,1H3,(H,29,31)/b16-8+. The van der Waals surface area contributed by atoms with E-state index in [1.807, 2.05) is 18.2 Å². The number of nitro benzene ring substituents is 1. The second-order valence-electron chi connectivity index (χ2n) is 7.00. The number of nitro groups is 1. The fourth-order valence-corrected chi connectivity index (χ4v) is 3.83. The molecule has 0 atom stereocenters. The summed E-state index contributed by atoms with van der Waals surface area (Å²) < 4.78 is 11.9. The molecule has 1 N–H and O–H groups in total. The minimum Gasteiger partial charge on any atom is -0.493 e. The highest BCUT2D eigenvalue weighted by molar-refractivity contribution is 9.10. The lowest BCUT2D eigenvalue weighted by Gasteiger charge is -2.14. The lowest BCUT2D eigenvalue weighted by atomic mass is 10.1. The number of carbonyl (C=O) groups is 1. The van der Waals surface area contributed by atoms with Gasteiger partial charge in [-0.15, -0.1) is 0 Å². The zero-order valence-corrected chi connectivity index (χ0v) is 21.1. The summed E-state index contributed by atoms with van der Waals surface area (Å²) in [6, 6.07) is 16.1. The molecule has 0 bridgehead atoms. The molecule has 0 unspecified atom stereocenters. The van der Waals surface area contributed by atoms with E-state index in [9.17, 15) is 20.2 Å². The second-order valence-corrected chi connectivity index (χ2v) is 8.69. The van der Waals surface area contributed by atoms with Gasteiger partial charge in [0.2, 0.25) is 0 Å². The Morgan fingerprint density at radius 3 is 2.54 bits per heavy atom. The summed E-state index contributed by atoms with van der Waals surface area (Å²) in [6.07, 6.45) is 1.36. The number of nitrogens with one attached hydrogen (secondary N) is 1. The van der Waals surface area contributed by atoms with Gasteiger partial charge in [0.05, 0.1) is 16.5 Å². The molecular weight excluding hydrogens is 561 g/mol. The molecule has 8 nitrogen and oxygen atoms in total. The Morgan fingerprint density at radius 1 is 1.20 bits per heavy atom. The van der Waals surface area contributed by atoms with Crippen molar-refractivity contribution >= 4 is 62.5 Å². The van der Waals surface area contributed by atoms with Gasteiger partial charge in [0.25, 0.3) is 11.6 Å². The zero-order valence-electron chi connectivity index (χ0n) is 18.1. The number of benzene rings is 3. The van der Waals surface area contributed by atoms with E-state index in [-0.39, 0.29) is 28.6 Å². The van der Waals surface area contributed by atoms with Crippen LogP contribution in [0.4, 0.5) is 11.4 Å². The Labute approximate surface area is 219 Å². The van der Waals surface area contributed by atoms with Crippen LogP contribution in [0, 0.1) is 21.4 Å². The first kappa shape index (κ1) is 26.0. The SMILES string of the molecule is COc1cc(/C=C(\C#N)C(=O)Nc2ccc(Cl)c([N+](=O)[O-])c2)cc(Br)c1OCc1ccc(Cl)cc1. The van der Waals surface area contributed by atoms with Crippen molar-refractivity contribution in [2.45, 2.75) is 6.61 Å². The molecule has 0 radical (unpaired) electrons. The molecule has 0 aliphatic rings. The van der Waals surface area contributed by atoms with Crippen LogP contribution in [0.25, 0.3) is 6.08 Å². The van der Waals surface area contributed by atoms with Crippen LogP contribution in [0.15, 0.2) is 64.6 Å². The average molecular weight is 577 g/mol. The predicted octanol–water partition coefficient (Wildman–Crippen LogP) is 6.80. The number of anilines is 1. The molecule has 11 heteroatoms. The van der Waals surface area contributed by atoms with E-state index in [2.05, 4.69) is 21.2 Å². The number of ether oxygens (including phenoxy) is 2. The summed E-state index contributed by atoms with van der Waals surface area (Å²) in [5.41, 5.74) is 0.915. The number of rotatable bonds is 8. The molecule has 0 heterocycles. The number of nitriles is 1. The van der Waals surface area contributed by atoms with E-state index in [0.717, 1.165) is 11.6 Å². The van der Waals surface area contributed by atoms with Gasteiger partial charge < -0.3 is 14.8 Å². The maximum absolute atomic E-state index is 12.6. The van der Waals surface area contributed by atoms with Crippen LogP contribution in [-0.4, -0.2) is 17.9 Å². The normalized spacial score (nSPS) is 10.9. The van der Waals surface area contributed by atoms with Gasteiger partial charge in [-0.2, -0.15) is 5.26 Å². The third-order valence-electron chi connectivity index (χ3n) is 4.62. The third kappa shape index (κ3) is 6.73. The molecule has 178 valence electrons. The molecule has 0 saturated heterocycles. The van der Waals surface area contributed by atoms with Crippen molar-refractivity contribution < 1.29 is 19.2 Å². The van der Waals surface area contributed by atoms with E-state index in [1.165, 1.54) is 25.3 Å². The quantitative estimate of drug-likeness (QED) is 0.136. The van der Waals surface area contributed by atoms with Crippen LogP contribution in [0.1, 0.15) is 11.1 Å². The Morgan fingerprint density at radius 2 is 1.91 bits per heavy atom. The Balaban J connectivity index is 1.82. The zero-order chi connectivity index (χ0) is 25.5. The van der Waals surface area contributed by atoms with Crippen LogP contribution in [0.5, 0.6) is 11.5 Å². The highest BCUT2D eigenvalue weighted by atomic mass is 79.9. The monoisotopic (exact) mass is 575 g/mol. The number of hydrogen-bond acceptors (Lipinski definition) is 6. The number of nitrogens with zero attached hydrogens (tertiary/aromatic N) is 2. The first-order valence-corrected chi connectivity index (χ1v) is 11.4. The summed E-state index contributed by atoms with van der Waals surface area (Å²) in [5, 5.41) is 23.6. The molecule has 0 saturated carbocycles. The summed E-state index contributed by atoms with van der Waals surface area (Å²) in [4.78, 5) is 23.0. The van der Waals surface area contributed by atoms with Crippen molar-refractivity contribution in [3.8, 4) is 17.6 Å². The molecule has 0 spiro atoms. The summed E-state index contributed by atoms with van der Waals surface area (Å²) in [7, 11) is 1.47. The van der Waals surface area contributed by atoms with Gasteiger partial charge in [-0.25, -0.2) is 0 Å². The van der Waals surface area contributed by atoms with Crippen LogP contribution in [0.3, 0.4) is 0 Å². The fourth-order valence-electron chi connectivity index (χ4n) is 2.94. The van der Waals surface area contributed by atoms with Crippen molar-refractivity contribution in [2.24, 2.45) is 0 Å².